The Morgan fingerprint density at radius 3 is 2.66 bits per heavy atom. The highest BCUT2D eigenvalue weighted by atomic mass is 79.9. The van der Waals surface area contributed by atoms with Crippen LogP contribution in [0.4, 0.5) is 0 Å². The normalized spacial score (nSPS) is 10.6. The zero-order chi connectivity index (χ0) is 20.6. The van der Waals surface area contributed by atoms with Gasteiger partial charge in [-0.15, -0.1) is 11.3 Å². The smallest absolute Gasteiger partial charge is 0.242 e. The van der Waals surface area contributed by atoms with E-state index in [9.17, 15) is 9.59 Å². The average Bonchev–Trinajstić information content (AvgIpc) is 3.19. The molecule has 0 aliphatic carbocycles. The monoisotopic (exact) mass is 471 g/mol. The molecule has 0 unspecified atom stereocenters. The fourth-order valence-electron chi connectivity index (χ4n) is 2.84. The Bertz CT molecular complexity index is 975. The first-order chi connectivity index (χ1) is 14.0. The van der Waals surface area contributed by atoms with Crippen LogP contribution in [0.2, 0.25) is 0 Å². The van der Waals surface area contributed by atoms with E-state index in [0.29, 0.717) is 18.8 Å². The summed E-state index contributed by atoms with van der Waals surface area (Å²) in [7, 11) is 0. The Morgan fingerprint density at radius 1 is 1.14 bits per heavy atom. The lowest BCUT2D eigenvalue weighted by Crippen LogP contribution is -2.40. The third-order valence-corrected chi connectivity index (χ3v) is 5.79. The van der Waals surface area contributed by atoms with Crippen LogP contribution in [-0.2, 0) is 22.6 Å². The molecule has 150 valence electrons. The van der Waals surface area contributed by atoms with Crippen LogP contribution in [0, 0.1) is 0 Å². The van der Waals surface area contributed by atoms with E-state index >= 15 is 0 Å². The van der Waals surface area contributed by atoms with Gasteiger partial charge in [0.2, 0.25) is 11.8 Å². The molecule has 3 aromatic rings. The molecule has 0 radical (unpaired) electrons. The number of thiazole rings is 1. The minimum atomic E-state index is -0.208. The van der Waals surface area contributed by atoms with Crippen LogP contribution >= 0.6 is 27.3 Å². The number of rotatable bonds is 8. The van der Waals surface area contributed by atoms with E-state index in [1.807, 2.05) is 66.9 Å². The van der Waals surface area contributed by atoms with Gasteiger partial charge in [-0.2, -0.15) is 0 Å². The van der Waals surface area contributed by atoms with Crippen LogP contribution in [0.3, 0.4) is 0 Å². The Balaban J connectivity index is 1.51. The highest BCUT2D eigenvalue weighted by Gasteiger charge is 2.14. The highest BCUT2D eigenvalue weighted by molar-refractivity contribution is 9.10. The van der Waals surface area contributed by atoms with Gasteiger partial charge in [-0.05, 0) is 24.6 Å². The van der Waals surface area contributed by atoms with Gasteiger partial charge in [0.1, 0.15) is 5.01 Å². The van der Waals surface area contributed by atoms with Gasteiger partial charge in [0.05, 0.1) is 18.7 Å². The van der Waals surface area contributed by atoms with Crippen molar-refractivity contribution in [3.63, 3.8) is 0 Å². The van der Waals surface area contributed by atoms with Crippen LogP contribution < -0.4 is 5.32 Å². The number of carbonyl (C=O) groups excluding carboxylic acids is 2. The molecular weight excluding hydrogens is 450 g/mol. The fraction of sp³-hybridized carbons (Fsp3) is 0.227. The maximum atomic E-state index is 12.4. The van der Waals surface area contributed by atoms with E-state index in [1.165, 1.54) is 11.3 Å². The maximum absolute atomic E-state index is 12.4. The summed E-state index contributed by atoms with van der Waals surface area (Å²) in [5.74, 6) is -0.307. The molecule has 0 spiro atoms. The number of aromatic nitrogens is 1. The molecule has 0 atom stereocenters. The second-order valence-electron chi connectivity index (χ2n) is 6.50. The van der Waals surface area contributed by atoms with Gasteiger partial charge in [-0.1, -0.05) is 58.4 Å². The molecule has 0 aliphatic heterocycles. The third-order valence-electron chi connectivity index (χ3n) is 4.35. The van der Waals surface area contributed by atoms with Crippen molar-refractivity contribution in [2.45, 2.75) is 19.9 Å². The number of nitrogens with zero attached hydrogens (tertiary/aromatic N) is 2. The molecule has 0 saturated carbocycles. The summed E-state index contributed by atoms with van der Waals surface area (Å²) in [5, 5.41) is 5.46. The number of nitrogens with one attached hydrogen (secondary N) is 1. The molecular formula is C22H22BrN3O2S. The van der Waals surface area contributed by atoms with Crippen LogP contribution in [0.5, 0.6) is 0 Å². The Kier molecular flexibility index (Phi) is 7.55. The first kappa shape index (κ1) is 21.2. The number of amides is 2. The highest BCUT2D eigenvalue weighted by Crippen LogP contribution is 2.26. The topological polar surface area (TPSA) is 62.3 Å². The average molecular weight is 472 g/mol. The number of hydrogen-bond acceptors (Lipinski definition) is 4. The molecule has 2 amide bonds. The molecule has 0 fully saturated rings. The predicted octanol–water partition coefficient (Wildman–Crippen LogP) is 4.28. The summed E-state index contributed by atoms with van der Waals surface area (Å²) >= 11 is 4.96. The first-order valence-corrected chi connectivity index (χ1v) is 11.0. The summed E-state index contributed by atoms with van der Waals surface area (Å²) in [6.45, 7) is 3.04. The molecule has 5 nitrogen and oxygen atoms in total. The van der Waals surface area contributed by atoms with Crippen molar-refractivity contribution in [3.05, 3.63) is 75.7 Å². The number of hydrogen-bond donors (Lipinski definition) is 1. The second-order valence-corrected chi connectivity index (χ2v) is 8.28. The van der Waals surface area contributed by atoms with Crippen LogP contribution in [0.1, 0.15) is 18.2 Å². The lowest BCUT2D eigenvalue weighted by Gasteiger charge is -2.21. The Labute approximate surface area is 182 Å². The molecule has 0 bridgehead atoms. The Morgan fingerprint density at radius 2 is 1.93 bits per heavy atom. The Hall–Kier alpha value is -2.51. The lowest BCUT2D eigenvalue weighted by atomic mass is 10.2. The van der Waals surface area contributed by atoms with Crippen molar-refractivity contribution in [1.82, 2.24) is 15.2 Å². The van der Waals surface area contributed by atoms with Crippen LogP contribution in [0.25, 0.3) is 10.6 Å². The third kappa shape index (κ3) is 6.24. The van der Waals surface area contributed by atoms with E-state index in [-0.39, 0.29) is 24.8 Å². The number of halogens is 1. The van der Waals surface area contributed by atoms with Gasteiger partial charge < -0.3 is 10.2 Å². The standard InChI is InChI=1S/C22H22BrN3O2S/c1-2-26(14-16-7-4-3-5-8-16)21(28)13-24-20(27)12-19-15-29-22(25-19)17-9-6-10-18(23)11-17/h3-11,15H,2,12-14H2,1H3,(H,24,27). The summed E-state index contributed by atoms with van der Waals surface area (Å²) in [6.07, 6.45) is 0.155. The van der Waals surface area contributed by atoms with Gasteiger partial charge >= 0.3 is 0 Å². The molecule has 1 aromatic heterocycles. The molecule has 1 N–H and O–H groups in total. The van der Waals surface area contributed by atoms with Gasteiger partial charge in [0.15, 0.2) is 0 Å². The maximum Gasteiger partial charge on any atom is 0.242 e. The molecule has 0 saturated heterocycles. The molecule has 1 heterocycles. The van der Waals surface area contributed by atoms with E-state index in [0.717, 1.165) is 20.6 Å². The minimum absolute atomic E-state index is 0.0118. The van der Waals surface area contributed by atoms with Crippen molar-refractivity contribution < 1.29 is 9.59 Å². The summed E-state index contributed by atoms with van der Waals surface area (Å²) < 4.78 is 0.985. The quantitative estimate of drug-likeness (QED) is 0.533. The number of benzene rings is 2. The van der Waals surface area contributed by atoms with E-state index < -0.39 is 0 Å². The van der Waals surface area contributed by atoms with Gasteiger partial charge in [0, 0.05) is 28.5 Å². The van der Waals surface area contributed by atoms with Crippen LogP contribution in [-0.4, -0.2) is 34.8 Å². The molecule has 2 aromatic carbocycles. The minimum Gasteiger partial charge on any atom is -0.347 e. The van der Waals surface area contributed by atoms with E-state index in [1.54, 1.807) is 4.90 Å². The molecule has 3 rings (SSSR count). The van der Waals surface area contributed by atoms with Gasteiger partial charge in [0.25, 0.3) is 0 Å². The summed E-state index contributed by atoms with van der Waals surface area (Å²) in [5.41, 5.74) is 2.77. The van der Waals surface area contributed by atoms with Crippen molar-refractivity contribution in [1.29, 1.82) is 0 Å². The van der Waals surface area contributed by atoms with E-state index in [2.05, 4.69) is 26.2 Å². The lowest BCUT2D eigenvalue weighted by molar-refractivity contribution is -0.133. The second kappa shape index (κ2) is 10.3. The van der Waals surface area contributed by atoms with Crippen molar-refractivity contribution in [3.8, 4) is 10.6 Å². The van der Waals surface area contributed by atoms with Gasteiger partial charge in [-0.3, -0.25) is 9.59 Å². The SMILES string of the molecule is CCN(Cc1ccccc1)C(=O)CNC(=O)Cc1csc(-c2cccc(Br)c2)n1. The van der Waals surface area contributed by atoms with Crippen molar-refractivity contribution >= 4 is 39.1 Å². The molecule has 29 heavy (non-hydrogen) atoms. The van der Waals surface area contributed by atoms with Crippen molar-refractivity contribution in [2.24, 2.45) is 0 Å². The van der Waals surface area contributed by atoms with Crippen LogP contribution in [0.15, 0.2) is 64.5 Å². The van der Waals surface area contributed by atoms with E-state index in [4.69, 9.17) is 0 Å². The fourth-order valence-corrected chi connectivity index (χ4v) is 4.05. The summed E-state index contributed by atoms with van der Waals surface area (Å²) in [6, 6.07) is 17.7. The molecule has 0 aliphatic rings. The predicted molar refractivity (Wildman–Crippen MR) is 119 cm³/mol. The number of likely N-dealkylation sites (N-methyl/N-ethyl adjacent to an activating group) is 1. The van der Waals surface area contributed by atoms with Gasteiger partial charge in [-0.25, -0.2) is 4.98 Å². The zero-order valence-corrected chi connectivity index (χ0v) is 18.5. The number of carbonyl (C=O) groups is 2. The largest absolute Gasteiger partial charge is 0.347 e. The van der Waals surface area contributed by atoms with Crippen molar-refractivity contribution in [2.75, 3.05) is 13.1 Å². The molecule has 7 heteroatoms. The summed E-state index contributed by atoms with van der Waals surface area (Å²) in [4.78, 5) is 31.0. The zero-order valence-electron chi connectivity index (χ0n) is 16.1. The first-order valence-electron chi connectivity index (χ1n) is 9.34.